The molecule has 2 aromatic rings. The van der Waals surface area contributed by atoms with Crippen molar-refractivity contribution in [3.8, 4) is 0 Å². The van der Waals surface area contributed by atoms with Crippen LogP contribution in [0, 0.1) is 0 Å². The predicted octanol–water partition coefficient (Wildman–Crippen LogP) is 3.61. The number of benzene rings is 2. The third-order valence-electron chi connectivity index (χ3n) is 5.89. The maximum absolute atomic E-state index is 13.2. The molecule has 2 amide bonds. The van der Waals surface area contributed by atoms with Gasteiger partial charge in [-0.2, -0.15) is 0 Å². The molecule has 0 N–H and O–H groups in total. The lowest BCUT2D eigenvalue weighted by molar-refractivity contribution is -0.0370. The van der Waals surface area contributed by atoms with E-state index in [-0.39, 0.29) is 24.0 Å². The zero-order valence-corrected chi connectivity index (χ0v) is 16.7. The number of ether oxygens (including phenoxy) is 1. The molecule has 1 saturated carbocycles. The summed E-state index contributed by atoms with van der Waals surface area (Å²) in [5.74, 6) is 0.0910. The number of nitrogens with zero attached hydrogens (tertiary/aromatic N) is 2. The second-order valence-electron chi connectivity index (χ2n) is 7.87. The van der Waals surface area contributed by atoms with Gasteiger partial charge in [-0.1, -0.05) is 49.2 Å². The van der Waals surface area contributed by atoms with E-state index in [4.69, 9.17) is 4.74 Å². The summed E-state index contributed by atoms with van der Waals surface area (Å²) in [6, 6.07) is 19.1. The molecule has 0 aromatic heterocycles. The van der Waals surface area contributed by atoms with Crippen LogP contribution in [0.5, 0.6) is 0 Å². The van der Waals surface area contributed by atoms with Crippen molar-refractivity contribution in [1.29, 1.82) is 0 Å². The van der Waals surface area contributed by atoms with Crippen LogP contribution in [0.15, 0.2) is 60.7 Å². The first-order valence-electron chi connectivity index (χ1n) is 10.5. The van der Waals surface area contributed by atoms with Gasteiger partial charge in [0, 0.05) is 36.8 Å². The topological polar surface area (TPSA) is 49.9 Å². The third kappa shape index (κ3) is 4.67. The molecule has 152 valence electrons. The highest BCUT2D eigenvalue weighted by atomic mass is 16.5. The van der Waals surface area contributed by atoms with Crippen LogP contribution in [0.4, 0.5) is 0 Å². The lowest BCUT2D eigenvalue weighted by atomic mass is 10.1. The Bertz CT molecular complexity index is 819. The highest BCUT2D eigenvalue weighted by molar-refractivity contribution is 5.95. The summed E-state index contributed by atoms with van der Waals surface area (Å²) in [5.41, 5.74) is 1.41. The highest BCUT2D eigenvalue weighted by Gasteiger charge is 2.32. The van der Waals surface area contributed by atoms with E-state index >= 15 is 0 Å². The van der Waals surface area contributed by atoms with Gasteiger partial charge in [0.05, 0.1) is 12.7 Å². The van der Waals surface area contributed by atoms with Crippen LogP contribution in [0.2, 0.25) is 0 Å². The third-order valence-corrected chi connectivity index (χ3v) is 5.89. The van der Waals surface area contributed by atoms with E-state index in [0.29, 0.717) is 37.4 Å². The monoisotopic (exact) mass is 392 g/mol. The molecule has 0 spiro atoms. The number of carbonyl (C=O) groups excluding carboxylic acids is 2. The molecule has 1 saturated heterocycles. The van der Waals surface area contributed by atoms with Gasteiger partial charge in [0.2, 0.25) is 0 Å². The number of rotatable bonds is 5. The Hall–Kier alpha value is -2.66. The van der Waals surface area contributed by atoms with E-state index in [9.17, 15) is 9.59 Å². The van der Waals surface area contributed by atoms with Crippen LogP contribution in [0.25, 0.3) is 0 Å². The van der Waals surface area contributed by atoms with Gasteiger partial charge >= 0.3 is 0 Å². The maximum Gasteiger partial charge on any atom is 0.254 e. The van der Waals surface area contributed by atoms with Gasteiger partial charge in [0.1, 0.15) is 0 Å². The van der Waals surface area contributed by atoms with E-state index in [1.165, 1.54) is 0 Å². The van der Waals surface area contributed by atoms with E-state index in [2.05, 4.69) is 0 Å². The van der Waals surface area contributed by atoms with Gasteiger partial charge in [-0.05, 0) is 37.1 Å². The summed E-state index contributed by atoms with van der Waals surface area (Å²) in [5, 5.41) is 0. The largest absolute Gasteiger partial charge is 0.373 e. The summed E-state index contributed by atoms with van der Waals surface area (Å²) >= 11 is 0. The Morgan fingerprint density at radius 1 is 0.931 bits per heavy atom. The smallest absolute Gasteiger partial charge is 0.254 e. The fourth-order valence-corrected chi connectivity index (χ4v) is 4.36. The van der Waals surface area contributed by atoms with Crippen molar-refractivity contribution >= 4 is 11.8 Å². The molecule has 1 atom stereocenters. The Kier molecular flexibility index (Phi) is 6.25. The minimum absolute atomic E-state index is 0.0284. The van der Waals surface area contributed by atoms with Crippen molar-refractivity contribution in [2.24, 2.45) is 0 Å². The zero-order valence-electron chi connectivity index (χ0n) is 16.7. The summed E-state index contributed by atoms with van der Waals surface area (Å²) in [6.45, 7) is 2.12. The van der Waals surface area contributed by atoms with Crippen LogP contribution in [-0.4, -0.2) is 60.0 Å². The van der Waals surface area contributed by atoms with Crippen molar-refractivity contribution in [3.05, 3.63) is 71.8 Å². The molecule has 29 heavy (non-hydrogen) atoms. The number of hydrogen-bond acceptors (Lipinski definition) is 3. The lowest BCUT2D eigenvalue weighted by Crippen LogP contribution is -2.52. The van der Waals surface area contributed by atoms with Crippen molar-refractivity contribution in [2.45, 2.75) is 37.8 Å². The second kappa shape index (κ2) is 9.23. The van der Waals surface area contributed by atoms with Crippen molar-refractivity contribution in [2.75, 3.05) is 26.2 Å². The molecule has 2 aromatic carbocycles. The first kappa shape index (κ1) is 19.6. The Labute approximate surface area is 172 Å². The minimum Gasteiger partial charge on any atom is -0.373 e. The molecule has 2 aliphatic rings. The second-order valence-corrected chi connectivity index (χ2v) is 7.87. The maximum atomic E-state index is 13.2. The van der Waals surface area contributed by atoms with Crippen LogP contribution < -0.4 is 0 Å². The van der Waals surface area contributed by atoms with E-state index in [1.807, 2.05) is 70.5 Å². The highest BCUT2D eigenvalue weighted by Crippen LogP contribution is 2.26. The summed E-state index contributed by atoms with van der Waals surface area (Å²) in [6.07, 6.45) is 4.24. The summed E-state index contributed by atoms with van der Waals surface area (Å²) < 4.78 is 5.98. The molecule has 5 heteroatoms. The van der Waals surface area contributed by atoms with Crippen molar-refractivity contribution in [1.82, 2.24) is 9.80 Å². The quantitative estimate of drug-likeness (QED) is 0.781. The van der Waals surface area contributed by atoms with Gasteiger partial charge in [-0.15, -0.1) is 0 Å². The molecule has 1 unspecified atom stereocenters. The lowest BCUT2D eigenvalue weighted by Gasteiger charge is -2.38. The number of morpholine rings is 1. The average molecular weight is 392 g/mol. The molecule has 2 fully saturated rings. The summed E-state index contributed by atoms with van der Waals surface area (Å²) in [7, 11) is 0. The first-order chi connectivity index (χ1) is 14.2. The minimum atomic E-state index is -0.162. The van der Waals surface area contributed by atoms with Crippen LogP contribution in [0.1, 0.15) is 46.4 Å². The van der Waals surface area contributed by atoms with Gasteiger partial charge < -0.3 is 14.5 Å². The van der Waals surface area contributed by atoms with E-state index in [1.54, 1.807) is 0 Å². The normalized spacial score (nSPS) is 19.9. The van der Waals surface area contributed by atoms with Crippen LogP contribution in [-0.2, 0) is 4.74 Å². The number of hydrogen-bond donors (Lipinski definition) is 0. The predicted molar refractivity (Wildman–Crippen MR) is 112 cm³/mol. The van der Waals surface area contributed by atoms with Crippen molar-refractivity contribution in [3.63, 3.8) is 0 Å². The van der Waals surface area contributed by atoms with Gasteiger partial charge in [-0.3, -0.25) is 9.59 Å². The molecular weight excluding hydrogens is 364 g/mol. The van der Waals surface area contributed by atoms with Crippen LogP contribution >= 0.6 is 0 Å². The molecule has 4 rings (SSSR count). The van der Waals surface area contributed by atoms with E-state index < -0.39 is 0 Å². The van der Waals surface area contributed by atoms with E-state index in [0.717, 1.165) is 25.7 Å². The van der Waals surface area contributed by atoms with Gasteiger partial charge in [0.25, 0.3) is 11.8 Å². The molecule has 0 radical (unpaired) electrons. The average Bonchev–Trinajstić information content (AvgIpc) is 3.32. The SMILES string of the molecule is O=C(c1ccccc1)N1CCOC(CN(C(=O)c2ccccc2)C2CCCC2)C1. The molecule has 1 aliphatic carbocycles. The van der Waals surface area contributed by atoms with Gasteiger partial charge in [-0.25, -0.2) is 0 Å². The fourth-order valence-electron chi connectivity index (χ4n) is 4.36. The summed E-state index contributed by atoms with van der Waals surface area (Å²) in [4.78, 5) is 29.9. The molecule has 0 bridgehead atoms. The first-order valence-corrected chi connectivity index (χ1v) is 10.5. The van der Waals surface area contributed by atoms with Crippen LogP contribution in [0.3, 0.4) is 0 Å². The fraction of sp³-hybridized carbons (Fsp3) is 0.417. The Morgan fingerprint density at radius 3 is 2.21 bits per heavy atom. The molecular formula is C24H28N2O3. The molecule has 1 aliphatic heterocycles. The Morgan fingerprint density at radius 2 is 1.55 bits per heavy atom. The molecule has 5 nitrogen and oxygen atoms in total. The zero-order chi connectivity index (χ0) is 20.1. The van der Waals surface area contributed by atoms with Crippen molar-refractivity contribution < 1.29 is 14.3 Å². The Balaban J connectivity index is 1.47. The standard InChI is InChI=1S/C24H28N2O3/c27-23(19-9-3-1-4-10-19)25-15-16-29-22(17-25)18-26(21-13-7-8-14-21)24(28)20-11-5-2-6-12-20/h1-6,9-12,21-22H,7-8,13-18H2. The number of amides is 2. The van der Waals surface area contributed by atoms with Gasteiger partial charge in [0.15, 0.2) is 0 Å². The number of carbonyl (C=O) groups is 2. The molecule has 1 heterocycles.